The molecule has 0 bridgehead atoms. The van der Waals surface area contributed by atoms with Crippen LogP contribution in [0.2, 0.25) is 0 Å². The van der Waals surface area contributed by atoms with Crippen LogP contribution in [-0.4, -0.2) is 40.7 Å². The number of aromatic nitrogens is 3. The van der Waals surface area contributed by atoms with Gasteiger partial charge in [-0.15, -0.1) is 0 Å². The minimum Gasteiger partial charge on any atom is -0.489 e. The Balaban J connectivity index is 1.94. The largest absolute Gasteiger partial charge is 0.489 e. The Hall–Kier alpha value is -3.13. The Kier molecular flexibility index (Phi) is 6.60. The van der Waals surface area contributed by atoms with Crippen LogP contribution in [0.1, 0.15) is 24.2 Å². The number of thioether (sulfide) groups is 1. The molecule has 2 heterocycles. The first-order chi connectivity index (χ1) is 15.5. The number of aliphatic imine (C=N–C) groups is 1. The van der Waals surface area contributed by atoms with Gasteiger partial charge in [0.25, 0.3) is 5.56 Å². The lowest BCUT2D eigenvalue weighted by Crippen LogP contribution is -2.17. The average Bonchev–Trinajstić information content (AvgIpc) is 3.63. The van der Waals surface area contributed by atoms with Crippen molar-refractivity contribution in [2.45, 2.75) is 18.6 Å². The number of ether oxygens (including phenoxy) is 1. The molecular weight excluding hydrogens is 422 g/mol. The molecule has 2 aromatic heterocycles. The van der Waals surface area contributed by atoms with E-state index in [2.05, 4.69) is 9.98 Å². The molecule has 1 fully saturated rings. The topological polar surface area (TPSA) is 95.4 Å². The van der Waals surface area contributed by atoms with E-state index in [0.717, 1.165) is 27.9 Å². The molecule has 0 amide bonds. The summed E-state index contributed by atoms with van der Waals surface area (Å²) in [5.41, 5.74) is 8.93. The summed E-state index contributed by atoms with van der Waals surface area (Å²) in [6.07, 6.45) is 11.2. The number of hydrogen-bond acceptors (Lipinski definition) is 7. The maximum atomic E-state index is 12.9. The summed E-state index contributed by atoms with van der Waals surface area (Å²) < 4.78 is 7.72. The van der Waals surface area contributed by atoms with Gasteiger partial charge in [-0.05, 0) is 48.1 Å². The van der Waals surface area contributed by atoms with Crippen LogP contribution in [0, 0.1) is 5.92 Å². The number of fused-ring (bicyclic) bond motifs is 1. The summed E-state index contributed by atoms with van der Waals surface area (Å²) >= 11 is 1.66. The SMILES string of the molecule is CN=CC(=CN)c1ccc2c(=O)n(C)cc(-c3nc(CSC)ncc3OCC3CC3)c2c1. The number of nitrogens with zero attached hydrogens (tertiary/aromatic N) is 4. The second-order valence-electron chi connectivity index (χ2n) is 7.91. The van der Waals surface area contributed by atoms with Crippen molar-refractivity contribution in [1.29, 1.82) is 0 Å². The van der Waals surface area contributed by atoms with Crippen LogP contribution in [0.3, 0.4) is 0 Å². The smallest absolute Gasteiger partial charge is 0.258 e. The highest BCUT2D eigenvalue weighted by Crippen LogP contribution is 2.36. The fraction of sp³-hybridized carbons (Fsp3) is 0.333. The molecule has 0 spiro atoms. The average molecular weight is 450 g/mol. The predicted octanol–water partition coefficient (Wildman–Crippen LogP) is 3.65. The van der Waals surface area contributed by atoms with Crippen LogP contribution in [0.15, 0.2) is 46.6 Å². The first kappa shape index (κ1) is 22.1. The van der Waals surface area contributed by atoms with E-state index in [9.17, 15) is 4.79 Å². The van der Waals surface area contributed by atoms with Crippen molar-refractivity contribution in [2.24, 2.45) is 23.7 Å². The van der Waals surface area contributed by atoms with Crippen molar-refractivity contribution < 1.29 is 4.74 Å². The molecule has 4 rings (SSSR count). The van der Waals surface area contributed by atoms with E-state index in [1.54, 1.807) is 42.8 Å². The van der Waals surface area contributed by atoms with Gasteiger partial charge in [0.2, 0.25) is 0 Å². The van der Waals surface area contributed by atoms with Crippen molar-refractivity contribution in [2.75, 3.05) is 19.9 Å². The lowest BCUT2D eigenvalue weighted by atomic mass is 9.98. The maximum absolute atomic E-state index is 12.9. The highest BCUT2D eigenvalue weighted by molar-refractivity contribution is 7.97. The van der Waals surface area contributed by atoms with E-state index >= 15 is 0 Å². The highest BCUT2D eigenvalue weighted by atomic mass is 32.2. The fourth-order valence-corrected chi connectivity index (χ4v) is 3.98. The van der Waals surface area contributed by atoms with Crippen molar-refractivity contribution >= 4 is 34.3 Å². The van der Waals surface area contributed by atoms with Gasteiger partial charge in [-0.25, -0.2) is 9.97 Å². The number of benzene rings is 1. The molecule has 166 valence electrons. The molecular formula is C24H27N5O2S. The molecule has 8 heteroatoms. The van der Waals surface area contributed by atoms with Gasteiger partial charge in [-0.1, -0.05) is 6.07 Å². The Labute approximate surface area is 191 Å². The zero-order valence-corrected chi connectivity index (χ0v) is 19.4. The number of rotatable bonds is 8. The summed E-state index contributed by atoms with van der Waals surface area (Å²) in [7, 11) is 3.45. The van der Waals surface area contributed by atoms with E-state index in [1.807, 2.05) is 30.7 Å². The van der Waals surface area contributed by atoms with E-state index in [1.165, 1.54) is 19.0 Å². The minimum atomic E-state index is -0.0726. The zero-order chi connectivity index (χ0) is 22.7. The van der Waals surface area contributed by atoms with Crippen LogP contribution in [-0.2, 0) is 12.8 Å². The molecule has 0 radical (unpaired) electrons. The number of aryl methyl sites for hydroxylation is 1. The van der Waals surface area contributed by atoms with Gasteiger partial charge >= 0.3 is 0 Å². The number of allylic oxidation sites excluding steroid dienone is 1. The second kappa shape index (κ2) is 9.56. The van der Waals surface area contributed by atoms with Crippen molar-refractivity contribution in [3.63, 3.8) is 0 Å². The van der Waals surface area contributed by atoms with Crippen molar-refractivity contribution in [1.82, 2.24) is 14.5 Å². The number of pyridine rings is 1. The van der Waals surface area contributed by atoms with Gasteiger partial charge in [-0.2, -0.15) is 11.8 Å². The van der Waals surface area contributed by atoms with E-state index in [0.29, 0.717) is 35.1 Å². The first-order valence-electron chi connectivity index (χ1n) is 10.5. The molecule has 1 aromatic carbocycles. The molecule has 0 unspecified atom stereocenters. The summed E-state index contributed by atoms with van der Waals surface area (Å²) in [4.78, 5) is 26.3. The molecule has 1 aliphatic carbocycles. The lowest BCUT2D eigenvalue weighted by molar-refractivity contribution is 0.298. The Morgan fingerprint density at radius 3 is 2.88 bits per heavy atom. The van der Waals surface area contributed by atoms with Gasteiger partial charge in [-0.3, -0.25) is 9.79 Å². The highest BCUT2D eigenvalue weighted by Gasteiger charge is 2.24. The van der Waals surface area contributed by atoms with E-state index in [-0.39, 0.29) is 5.56 Å². The summed E-state index contributed by atoms with van der Waals surface area (Å²) in [5, 5.41) is 1.40. The van der Waals surface area contributed by atoms with Crippen LogP contribution in [0.5, 0.6) is 5.75 Å². The van der Waals surface area contributed by atoms with Gasteiger partial charge < -0.3 is 15.0 Å². The second-order valence-corrected chi connectivity index (χ2v) is 8.78. The van der Waals surface area contributed by atoms with Gasteiger partial charge in [0.1, 0.15) is 11.5 Å². The van der Waals surface area contributed by atoms with Gasteiger partial charge in [0, 0.05) is 49.2 Å². The third-order valence-corrected chi connectivity index (χ3v) is 6.02. The fourth-order valence-electron chi connectivity index (χ4n) is 3.58. The van der Waals surface area contributed by atoms with Crippen LogP contribution >= 0.6 is 11.8 Å². The van der Waals surface area contributed by atoms with Crippen LogP contribution in [0.4, 0.5) is 0 Å². The monoisotopic (exact) mass is 449 g/mol. The Bertz CT molecular complexity index is 1260. The predicted molar refractivity (Wildman–Crippen MR) is 132 cm³/mol. The molecule has 0 aliphatic heterocycles. The molecule has 0 atom stereocenters. The number of hydrogen-bond donors (Lipinski definition) is 1. The molecule has 2 N–H and O–H groups in total. The van der Waals surface area contributed by atoms with E-state index < -0.39 is 0 Å². The molecule has 32 heavy (non-hydrogen) atoms. The molecule has 1 saturated carbocycles. The summed E-state index contributed by atoms with van der Waals surface area (Å²) in [6.45, 7) is 0.653. The third kappa shape index (κ3) is 4.55. The summed E-state index contributed by atoms with van der Waals surface area (Å²) in [5.74, 6) is 2.66. The van der Waals surface area contributed by atoms with Crippen molar-refractivity contribution in [3.8, 4) is 17.0 Å². The number of nitrogens with two attached hydrogens (primary N) is 1. The standard InChI is InChI=1S/C24H27N5O2S/c1-26-10-17(9-25)16-6-7-18-19(8-16)20(12-29(2)24(18)30)23-21(31-13-15-4-5-15)11-27-22(28-23)14-32-3/h6-12,15H,4-5,13-14,25H2,1-3H3. The third-order valence-electron chi connectivity index (χ3n) is 5.47. The lowest BCUT2D eigenvalue weighted by Gasteiger charge is -2.15. The Morgan fingerprint density at radius 2 is 2.19 bits per heavy atom. The minimum absolute atomic E-state index is 0.0726. The van der Waals surface area contributed by atoms with E-state index in [4.69, 9.17) is 15.5 Å². The van der Waals surface area contributed by atoms with Gasteiger partial charge in [0.15, 0.2) is 5.75 Å². The molecule has 0 saturated heterocycles. The molecule has 7 nitrogen and oxygen atoms in total. The molecule has 3 aromatic rings. The van der Waals surface area contributed by atoms with Crippen LogP contribution in [0.25, 0.3) is 27.6 Å². The van der Waals surface area contributed by atoms with Crippen LogP contribution < -0.4 is 16.0 Å². The first-order valence-corrected chi connectivity index (χ1v) is 11.9. The zero-order valence-electron chi connectivity index (χ0n) is 18.5. The quantitative estimate of drug-likeness (QED) is 0.528. The summed E-state index contributed by atoms with van der Waals surface area (Å²) in [6, 6.07) is 5.68. The maximum Gasteiger partial charge on any atom is 0.258 e. The molecule has 1 aliphatic rings. The Morgan fingerprint density at radius 1 is 1.38 bits per heavy atom. The normalized spacial score (nSPS) is 14.4. The van der Waals surface area contributed by atoms with Crippen molar-refractivity contribution in [3.05, 3.63) is 58.5 Å². The van der Waals surface area contributed by atoms with Gasteiger partial charge in [0.05, 0.1) is 18.6 Å².